The molecule has 0 aliphatic heterocycles. The Kier molecular flexibility index (Phi) is 4.22. The molecule has 0 bridgehead atoms. The molecule has 3 aromatic rings. The van der Waals surface area contributed by atoms with E-state index in [2.05, 4.69) is 72.8 Å². The van der Waals surface area contributed by atoms with Gasteiger partial charge in [0, 0.05) is 0 Å². The van der Waals surface area contributed by atoms with E-state index in [-0.39, 0.29) is 0 Å². The van der Waals surface area contributed by atoms with Gasteiger partial charge in [0.1, 0.15) is 0 Å². The molecule has 19 heavy (non-hydrogen) atoms. The van der Waals surface area contributed by atoms with Gasteiger partial charge in [-0.25, -0.2) is 10.2 Å². The van der Waals surface area contributed by atoms with Gasteiger partial charge in [0.15, 0.2) is 0 Å². The maximum atomic E-state index is 8.35. The lowest BCUT2D eigenvalue weighted by molar-refractivity contribution is 0.563. The first-order chi connectivity index (χ1) is 9.36. The summed E-state index contributed by atoms with van der Waals surface area (Å²) in [7, 11) is 0. The van der Waals surface area contributed by atoms with Crippen LogP contribution in [0.2, 0.25) is 0 Å². The minimum absolute atomic E-state index is 0.750. The summed E-state index contributed by atoms with van der Waals surface area (Å²) in [5.74, 6) is 0. The van der Waals surface area contributed by atoms with Gasteiger partial charge in [-0.2, -0.15) is 0 Å². The molecule has 2 heteroatoms. The van der Waals surface area contributed by atoms with Crippen LogP contribution in [0.25, 0.3) is 21.9 Å². The van der Waals surface area contributed by atoms with Crippen molar-refractivity contribution in [3.05, 3.63) is 72.8 Å². The molecule has 1 N–H and O–H groups in total. The fourth-order valence-electron chi connectivity index (χ4n) is 2.09. The van der Waals surface area contributed by atoms with E-state index in [1.165, 1.54) is 21.9 Å². The van der Waals surface area contributed by atoms with Gasteiger partial charge >= 0.3 is 0 Å². The van der Waals surface area contributed by atoms with E-state index in [9.17, 15) is 0 Å². The van der Waals surface area contributed by atoms with Crippen LogP contribution in [-0.2, 0) is 4.79 Å². The molecule has 0 heterocycles. The van der Waals surface area contributed by atoms with Crippen molar-refractivity contribution in [3.63, 3.8) is 0 Å². The highest BCUT2D eigenvalue weighted by Crippen LogP contribution is 2.27. The smallest absolute Gasteiger partial charge is 0.222 e. The number of nitrogens with one attached hydrogen (secondary N) is 1. The summed E-state index contributed by atoms with van der Waals surface area (Å²) in [6.45, 7) is 0. The summed E-state index contributed by atoms with van der Waals surface area (Å²) >= 11 is 0. The molecular formula is C17H13NO. The SMILES string of the molecule is N=C=O.c1ccc(-c2cccc3ccccc23)cc1. The molecule has 3 rings (SSSR count). The third-order valence-electron chi connectivity index (χ3n) is 2.87. The van der Waals surface area contributed by atoms with E-state index < -0.39 is 0 Å². The van der Waals surface area contributed by atoms with Crippen molar-refractivity contribution in [2.24, 2.45) is 0 Å². The van der Waals surface area contributed by atoms with Gasteiger partial charge in [-0.05, 0) is 21.9 Å². The fraction of sp³-hybridized carbons (Fsp3) is 0. The third-order valence-corrected chi connectivity index (χ3v) is 2.87. The number of rotatable bonds is 1. The lowest BCUT2D eigenvalue weighted by atomic mass is 9.98. The number of carbonyl (C=O) groups excluding carboxylic acids is 1. The van der Waals surface area contributed by atoms with Gasteiger partial charge in [-0.3, -0.25) is 0 Å². The summed E-state index contributed by atoms with van der Waals surface area (Å²) in [5, 5.41) is 8.01. The van der Waals surface area contributed by atoms with Crippen LogP contribution in [-0.4, -0.2) is 6.08 Å². The predicted molar refractivity (Wildman–Crippen MR) is 77.8 cm³/mol. The highest BCUT2D eigenvalue weighted by molar-refractivity contribution is 5.96. The topological polar surface area (TPSA) is 40.9 Å². The second-order valence-electron chi connectivity index (χ2n) is 3.99. The van der Waals surface area contributed by atoms with E-state index >= 15 is 0 Å². The predicted octanol–water partition coefficient (Wildman–Crippen LogP) is 4.41. The first-order valence-electron chi connectivity index (χ1n) is 5.94. The van der Waals surface area contributed by atoms with Crippen LogP contribution in [0.4, 0.5) is 0 Å². The quantitative estimate of drug-likeness (QED) is 0.502. The van der Waals surface area contributed by atoms with E-state index in [1.54, 1.807) is 0 Å². The standard InChI is InChI=1S/C16H12.CHNO/c1-2-7-13(8-3-1)16-12-6-10-14-9-4-5-11-15(14)16;2-1-3/h1-12H;2H. The largest absolute Gasteiger partial charge is 0.231 e. The molecule has 2 nitrogen and oxygen atoms in total. The average molecular weight is 247 g/mol. The van der Waals surface area contributed by atoms with Crippen molar-refractivity contribution in [2.75, 3.05) is 0 Å². The fourth-order valence-corrected chi connectivity index (χ4v) is 2.09. The van der Waals surface area contributed by atoms with Crippen molar-refractivity contribution < 1.29 is 4.79 Å². The maximum absolute atomic E-state index is 8.35. The first kappa shape index (κ1) is 12.7. The molecule has 0 aromatic heterocycles. The second-order valence-corrected chi connectivity index (χ2v) is 3.99. The van der Waals surface area contributed by atoms with E-state index in [1.807, 2.05) is 0 Å². The van der Waals surface area contributed by atoms with Crippen LogP contribution < -0.4 is 0 Å². The molecule has 0 radical (unpaired) electrons. The van der Waals surface area contributed by atoms with Crippen LogP contribution in [0, 0.1) is 5.41 Å². The minimum atomic E-state index is 0.750. The van der Waals surface area contributed by atoms with Crippen LogP contribution in [0.1, 0.15) is 0 Å². The first-order valence-corrected chi connectivity index (χ1v) is 5.94. The Hall–Kier alpha value is -2.70. The van der Waals surface area contributed by atoms with Crippen molar-refractivity contribution in [1.82, 2.24) is 0 Å². The van der Waals surface area contributed by atoms with Gasteiger partial charge in [-0.15, -0.1) is 0 Å². The Labute approximate surface area is 111 Å². The molecule has 0 unspecified atom stereocenters. The van der Waals surface area contributed by atoms with Crippen LogP contribution >= 0.6 is 0 Å². The summed E-state index contributed by atoms with van der Waals surface area (Å²) in [6.07, 6.45) is 0.750. The molecule has 0 amide bonds. The number of hydrogen-bond donors (Lipinski definition) is 1. The number of benzene rings is 3. The van der Waals surface area contributed by atoms with Gasteiger partial charge < -0.3 is 0 Å². The Morgan fingerprint density at radius 1 is 0.737 bits per heavy atom. The summed E-state index contributed by atoms with van der Waals surface area (Å²) in [5.41, 5.74) is 2.58. The summed E-state index contributed by atoms with van der Waals surface area (Å²) in [6, 6.07) is 25.5. The number of hydrogen-bond acceptors (Lipinski definition) is 2. The van der Waals surface area contributed by atoms with E-state index in [0.717, 1.165) is 6.08 Å². The minimum Gasteiger partial charge on any atom is -0.222 e. The zero-order chi connectivity index (χ0) is 13.5. The lowest BCUT2D eigenvalue weighted by Crippen LogP contribution is -1.79. The normalized spacial score (nSPS) is 9.26. The zero-order valence-corrected chi connectivity index (χ0v) is 10.3. The molecule has 3 aromatic carbocycles. The number of isocyanates is 1. The zero-order valence-electron chi connectivity index (χ0n) is 10.3. The Morgan fingerprint density at radius 3 is 2.05 bits per heavy atom. The highest BCUT2D eigenvalue weighted by Gasteiger charge is 2.01. The van der Waals surface area contributed by atoms with Crippen LogP contribution in [0.5, 0.6) is 0 Å². The van der Waals surface area contributed by atoms with Gasteiger partial charge in [0.05, 0.1) is 0 Å². The third kappa shape index (κ3) is 2.95. The van der Waals surface area contributed by atoms with Crippen molar-refractivity contribution in [2.45, 2.75) is 0 Å². The number of fused-ring (bicyclic) bond motifs is 1. The van der Waals surface area contributed by atoms with Gasteiger partial charge in [0.2, 0.25) is 6.08 Å². The Morgan fingerprint density at radius 2 is 1.32 bits per heavy atom. The van der Waals surface area contributed by atoms with Gasteiger partial charge in [-0.1, -0.05) is 72.8 Å². The lowest BCUT2D eigenvalue weighted by Gasteiger charge is -2.06. The molecule has 92 valence electrons. The molecule has 0 aliphatic rings. The molecule has 0 spiro atoms. The average Bonchev–Trinajstić information content (AvgIpc) is 2.48. The van der Waals surface area contributed by atoms with E-state index in [4.69, 9.17) is 10.2 Å². The van der Waals surface area contributed by atoms with Gasteiger partial charge in [0.25, 0.3) is 0 Å². The van der Waals surface area contributed by atoms with Crippen LogP contribution in [0.3, 0.4) is 0 Å². The Balaban J connectivity index is 0.000000408. The molecule has 0 saturated carbocycles. The monoisotopic (exact) mass is 247 g/mol. The van der Waals surface area contributed by atoms with E-state index in [0.29, 0.717) is 0 Å². The summed E-state index contributed by atoms with van der Waals surface area (Å²) < 4.78 is 0. The molecule has 0 saturated heterocycles. The maximum Gasteiger partial charge on any atom is 0.231 e. The second kappa shape index (κ2) is 6.29. The van der Waals surface area contributed by atoms with Crippen molar-refractivity contribution in [3.8, 4) is 11.1 Å². The molecular weight excluding hydrogens is 234 g/mol. The molecule has 0 fully saturated rings. The molecule has 0 aliphatic carbocycles. The highest BCUT2D eigenvalue weighted by atomic mass is 16.1. The Bertz CT molecular complexity index is 693. The van der Waals surface area contributed by atoms with Crippen molar-refractivity contribution >= 4 is 16.9 Å². The molecule has 0 atom stereocenters. The summed E-state index contributed by atoms with van der Waals surface area (Å²) in [4.78, 5) is 8.35. The van der Waals surface area contributed by atoms with Crippen LogP contribution in [0.15, 0.2) is 72.8 Å². The van der Waals surface area contributed by atoms with Crippen molar-refractivity contribution in [1.29, 1.82) is 5.41 Å².